The van der Waals surface area contributed by atoms with Gasteiger partial charge < -0.3 is 9.84 Å². The van der Waals surface area contributed by atoms with Gasteiger partial charge in [-0.15, -0.1) is 0 Å². The summed E-state index contributed by atoms with van der Waals surface area (Å²) in [6.45, 7) is 0. The maximum Gasteiger partial charge on any atom is 0.335 e. The van der Waals surface area contributed by atoms with E-state index >= 15 is 0 Å². The van der Waals surface area contributed by atoms with E-state index in [9.17, 15) is 4.79 Å². The largest absolute Gasteiger partial charge is 0.495 e. The van der Waals surface area contributed by atoms with Crippen molar-refractivity contribution < 1.29 is 14.6 Å². The van der Waals surface area contributed by atoms with Crippen molar-refractivity contribution in [2.45, 2.75) is 9.79 Å². The van der Waals surface area contributed by atoms with Gasteiger partial charge in [-0.3, -0.25) is 0 Å². The molecule has 2 aromatic carbocycles. The number of ether oxygens (including phenoxy) is 1. The maximum atomic E-state index is 10.8. The normalized spacial score (nSPS) is 9.80. The predicted octanol–water partition coefficient (Wildman–Crippen LogP) is 3.42. The van der Waals surface area contributed by atoms with Crippen LogP contribution in [-0.4, -0.2) is 18.2 Å². The number of rotatable bonds is 4. The Morgan fingerprint density at radius 3 is 2.40 bits per heavy atom. The number of nitrogens with zero attached hydrogens (tertiary/aromatic N) is 1. The third-order valence-corrected chi connectivity index (χ3v) is 3.63. The topological polar surface area (TPSA) is 70.3 Å². The Morgan fingerprint density at radius 2 is 1.85 bits per heavy atom. The highest BCUT2D eigenvalue weighted by atomic mass is 32.2. The Hall–Kier alpha value is -2.45. The van der Waals surface area contributed by atoms with Gasteiger partial charge >= 0.3 is 5.97 Å². The molecule has 0 aromatic heterocycles. The smallest absolute Gasteiger partial charge is 0.335 e. The molecule has 0 spiro atoms. The summed E-state index contributed by atoms with van der Waals surface area (Å²) in [5.74, 6) is -0.407. The van der Waals surface area contributed by atoms with Crippen molar-refractivity contribution >= 4 is 17.7 Å². The van der Waals surface area contributed by atoms with Crippen molar-refractivity contribution in [3.63, 3.8) is 0 Å². The van der Waals surface area contributed by atoms with Crippen LogP contribution in [0.3, 0.4) is 0 Å². The molecule has 0 saturated heterocycles. The van der Waals surface area contributed by atoms with Gasteiger partial charge in [-0.05, 0) is 42.5 Å². The van der Waals surface area contributed by atoms with Crippen LogP contribution in [0, 0.1) is 11.3 Å². The summed E-state index contributed by atoms with van der Waals surface area (Å²) in [4.78, 5) is 12.6. The molecule has 1 N–H and O–H groups in total. The molecule has 20 heavy (non-hydrogen) atoms. The average Bonchev–Trinajstić information content (AvgIpc) is 2.47. The highest BCUT2D eigenvalue weighted by molar-refractivity contribution is 7.99. The lowest BCUT2D eigenvalue weighted by Crippen LogP contribution is -1.94. The first kappa shape index (κ1) is 14.0. The molecule has 0 bridgehead atoms. The SMILES string of the molecule is COc1ccc(Sc2ccc(C(=O)O)cc2)cc1C#N. The van der Waals surface area contributed by atoms with E-state index in [1.165, 1.54) is 18.9 Å². The van der Waals surface area contributed by atoms with E-state index < -0.39 is 5.97 Å². The van der Waals surface area contributed by atoms with Crippen molar-refractivity contribution in [1.29, 1.82) is 5.26 Å². The number of benzene rings is 2. The van der Waals surface area contributed by atoms with Gasteiger partial charge in [0.25, 0.3) is 0 Å². The van der Waals surface area contributed by atoms with Gasteiger partial charge in [0, 0.05) is 9.79 Å². The van der Waals surface area contributed by atoms with Gasteiger partial charge in [-0.25, -0.2) is 4.79 Å². The molecule has 2 aromatic rings. The Bertz CT molecular complexity index is 675. The summed E-state index contributed by atoms with van der Waals surface area (Å²) in [5, 5.41) is 17.9. The van der Waals surface area contributed by atoms with Crippen molar-refractivity contribution in [1.82, 2.24) is 0 Å². The number of carboxylic acid groups (broad SMARTS) is 1. The quantitative estimate of drug-likeness (QED) is 0.932. The minimum Gasteiger partial charge on any atom is -0.495 e. The molecule has 0 fully saturated rings. The third kappa shape index (κ3) is 3.11. The number of carbonyl (C=O) groups is 1. The van der Waals surface area contributed by atoms with Crippen molar-refractivity contribution in [3.8, 4) is 11.8 Å². The van der Waals surface area contributed by atoms with E-state index in [1.54, 1.807) is 36.4 Å². The first-order valence-corrected chi connectivity index (χ1v) is 6.55. The van der Waals surface area contributed by atoms with Gasteiger partial charge in [0.15, 0.2) is 0 Å². The van der Waals surface area contributed by atoms with Crippen LogP contribution in [0.1, 0.15) is 15.9 Å². The molecular formula is C15H11NO3S. The van der Waals surface area contributed by atoms with Crippen LogP contribution in [0.2, 0.25) is 0 Å². The second-order valence-electron chi connectivity index (χ2n) is 3.91. The monoisotopic (exact) mass is 285 g/mol. The van der Waals surface area contributed by atoms with Crippen LogP contribution in [-0.2, 0) is 0 Å². The summed E-state index contributed by atoms with van der Waals surface area (Å²) in [6, 6.07) is 14.0. The number of hydrogen-bond acceptors (Lipinski definition) is 4. The van der Waals surface area contributed by atoms with E-state index in [4.69, 9.17) is 15.1 Å². The zero-order valence-electron chi connectivity index (χ0n) is 10.7. The minimum absolute atomic E-state index is 0.252. The molecule has 0 atom stereocenters. The Balaban J connectivity index is 2.22. The number of methoxy groups -OCH3 is 1. The highest BCUT2D eigenvalue weighted by Crippen LogP contribution is 2.31. The van der Waals surface area contributed by atoms with Crippen LogP contribution in [0.4, 0.5) is 0 Å². The van der Waals surface area contributed by atoms with Crippen molar-refractivity contribution in [2.75, 3.05) is 7.11 Å². The molecule has 100 valence electrons. The summed E-state index contributed by atoms with van der Waals surface area (Å²) in [6.07, 6.45) is 0. The molecule has 0 aliphatic heterocycles. The first-order valence-electron chi connectivity index (χ1n) is 5.73. The fourth-order valence-electron chi connectivity index (χ4n) is 1.64. The first-order chi connectivity index (χ1) is 9.63. The van der Waals surface area contributed by atoms with Gasteiger partial charge in [-0.2, -0.15) is 5.26 Å². The van der Waals surface area contributed by atoms with E-state index in [0.717, 1.165) is 9.79 Å². The summed E-state index contributed by atoms with van der Waals surface area (Å²) < 4.78 is 5.09. The fraction of sp³-hybridized carbons (Fsp3) is 0.0667. The van der Waals surface area contributed by atoms with Crippen LogP contribution in [0.5, 0.6) is 5.75 Å². The van der Waals surface area contributed by atoms with Gasteiger partial charge in [0.1, 0.15) is 11.8 Å². The lowest BCUT2D eigenvalue weighted by atomic mass is 10.2. The number of carboxylic acids is 1. The second-order valence-corrected chi connectivity index (χ2v) is 5.05. The lowest BCUT2D eigenvalue weighted by molar-refractivity contribution is 0.0697. The number of nitriles is 1. The minimum atomic E-state index is -0.947. The second kappa shape index (κ2) is 6.13. The molecule has 0 amide bonds. The highest BCUT2D eigenvalue weighted by Gasteiger charge is 2.06. The van der Waals surface area contributed by atoms with Crippen molar-refractivity contribution in [2.24, 2.45) is 0 Å². The van der Waals surface area contributed by atoms with Gasteiger partial charge in [0.2, 0.25) is 0 Å². The molecule has 0 saturated carbocycles. The van der Waals surface area contributed by atoms with Crippen LogP contribution < -0.4 is 4.74 Å². The Morgan fingerprint density at radius 1 is 1.20 bits per heavy atom. The van der Waals surface area contributed by atoms with Crippen LogP contribution in [0.25, 0.3) is 0 Å². The third-order valence-electron chi connectivity index (χ3n) is 2.63. The number of hydrogen-bond donors (Lipinski definition) is 1. The average molecular weight is 285 g/mol. The molecule has 4 nitrogen and oxygen atoms in total. The molecule has 0 heterocycles. The van der Waals surface area contributed by atoms with Gasteiger partial charge in [0.05, 0.1) is 18.2 Å². The molecule has 0 aliphatic carbocycles. The van der Waals surface area contributed by atoms with E-state index in [0.29, 0.717) is 11.3 Å². The molecular weight excluding hydrogens is 274 g/mol. The van der Waals surface area contributed by atoms with E-state index in [-0.39, 0.29) is 5.56 Å². The Kier molecular flexibility index (Phi) is 4.28. The molecule has 5 heteroatoms. The van der Waals surface area contributed by atoms with E-state index in [2.05, 4.69) is 6.07 Å². The summed E-state index contributed by atoms with van der Waals surface area (Å²) in [7, 11) is 1.52. The molecule has 0 aliphatic rings. The maximum absolute atomic E-state index is 10.8. The summed E-state index contributed by atoms with van der Waals surface area (Å²) >= 11 is 1.46. The summed E-state index contributed by atoms with van der Waals surface area (Å²) in [5.41, 5.74) is 0.724. The standard InChI is InChI=1S/C15H11NO3S/c1-19-14-7-6-13(8-11(14)9-16)20-12-4-2-10(3-5-12)15(17)18/h2-8H,1H3,(H,17,18). The fourth-order valence-corrected chi connectivity index (χ4v) is 2.50. The zero-order valence-corrected chi connectivity index (χ0v) is 11.5. The van der Waals surface area contributed by atoms with Gasteiger partial charge in [-0.1, -0.05) is 11.8 Å². The molecule has 0 unspecified atom stereocenters. The van der Waals surface area contributed by atoms with Crippen LogP contribution >= 0.6 is 11.8 Å². The van der Waals surface area contributed by atoms with Crippen molar-refractivity contribution in [3.05, 3.63) is 53.6 Å². The number of aromatic carboxylic acids is 1. The zero-order chi connectivity index (χ0) is 14.5. The van der Waals surface area contributed by atoms with Crippen LogP contribution in [0.15, 0.2) is 52.3 Å². The lowest BCUT2D eigenvalue weighted by Gasteiger charge is -2.06. The predicted molar refractivity (Wildman–Crippen MR) is 75.2 cm³/mol. The molecule has 2 rings (SSSR count). The molecule has 0 radical (unpaired) electrons. The van der Waals surface area contributed by atoms with E-state index in [1.807, 2.05) is 6.07 Å². The Labute approximate surface area is 120 Å².